The number of carboxylic acid groups (broad SMARTS) is 2. The van der Waals surface area contributed by atoms with Crippen LogP contribution in [-0.4, -0.2) is 42.1 Å². The van der Waals surface area contributed by atoms with Crippen LogP contribution in [0.1, 0.15) is 57.8 Å². The van der Waals surface area contributed by atoms with Crippen molar-refractivity contribution in [3.05, 3.63) is 0 Å². The van der Waals surface area contributed by atoms with E-state index in [1.165, 1.54) is 42.8 Å². The smallest absolute Gasteiger partial charge is 0.313 e. The van der Waals surface area contributed by atoms with E-state index in [-0.39, 0.29) is 11.5 Å². The van der Waals surface area contributed by atoms with Crippen molar-refractivity contribution >= 4 is 68.3 Å². The minimum atomic E-state index is -0.821. The van der Waals surface area contributed by atoms with Crippen LogP contribution >= 0.6 is 48.0 Å². The molecule has 0 bridgehead atoms. The van der Waals surface area contributed by atoms with Gasteiger partial charge < -0.3 is 10.2 Å². The maximum absolute atomic E-state index is 10.4. The molecule has 0 spiro atoms. The SMILES string of the molecule is O=C(O)CSC(=S)CCCCCCCCCC(=S)SCC(=O)O. The molecule has 23 heavy (non-hydrogen) atoms. The quantitative estimate of drug-likeness (QED) is 0.321. The average Bonchev–Trinajstić information content (AvgIpc) is 2.49. The Morgan fingerprint density at radius 1 is 0.652 bits per heavy atom. The lowest BCUT2D eigenvalue weighted by atomic mass is 10.1. The van der Waals surface area contributed by atoms with Crippen LogP contribution in [0.3, 0.4) is 0 Å². The third kappa shape index (κ3) is 18.0. The number of thioether (sulfide) groups is 2. The molecule has 0 aromatic heterocycles. The number of rotatable bonds is 14. The summed E-state index contributed by atoms with van der Waals surface area (Å²) in [6, 6.07) is 0. The molecule has 0 saturated carbocycles. The van der Waals surface area contributed by atoms with E-state index in [2.05, 4.69) is 0 Å². The maximum atomic E-state index is 10.4. The number of hydrogen-bond acceptors (Lipinski definition) is 6. The van der Waals surface area contributed by atoms with Gasteiger partial charge in [-0.25, -0.2) is 0 Å². The fraction of sp³-hybridized carbons (Fsp3) is 0.733. The Morgan fingerprint density at radius 3 is 1.26 bits per heavy atom. The molecule has 0 aliphatic carbocycles. The summed E-state index contributed by atoms with van der Waals surface area (Å²) < 4.78 is 1.58. The predicted octanol–water partition coefficient (Wildman–Crippen LogP) is 4.79. The van der Waals surface area contributed by atoms with Gasteiger partial charge in [0.2, 0.25) is 0 Å². The lowest BCUT2D eigenvalue weighted by molar-refractivity contribution is -0.134. The van der Waals surface area contributed by atoms with E-state index in [0.29, 0.717) is 0 Å². The Morgan fingerprint density at radius 2 is 0.957 bits per heavy atom. The van der Waals surface area contributed by atoms with Crippen molar-refractivity contribution in [2.75, 3.05) is 11.5 Å². The topological polar surface area (TPSA) is 74.6 Å². The van der Waals surface area contributed by atoms with Crippen LogP contribution in [0.5, 0.6) is 0 Å². The lowest BCUT2D eigenvalue weighted by Crippen LogP contribution is -2.01. The number of unbranched alkanes of at least 4 members (excludes halogenated alkanes) is 6. The zero-order valence-corrected chi connectivity index (χ0v) is 16.4. The van der Waals surface area contributed by atoms with Gasteiger partial charge in [-0.2, -0.15) is 0 Å². The molecule has 0 unspecified atom stereocenters. The normalized spacial score (nSPS) is 10.4. The summed E-state index contributed by atoms with van der Waals surface area (Å²) in [6.45, 7) is 0. The molecule has 0 amide bonds. The first-order valence-electron chi connectivity index (χ1n) is 7.66. The van der Waals surface area contributed by atoms with Crippen LogP contribution in [0.4, 0.5) is 0 Å². The Kier molecular flexibility index (Phi) is 15.2. The zero-order valence-electron chi connectivity index (χ0n) is 13.1. The Labute approximate surface area is 157 Å². The minimum Gasteiger partial charge on any atom is -0.481 e. The Bertz CT molecular complexity index is 363. The molecule has 4 nitrogen and oxygen atoms in total. The van der Waals surface area contributed by atoms with Gasteiger partial charge in [-0.15, -0.1) is 23.5 Å². The summed E-state index contributed by atoms with van der Waals surface area (Å²) in [5.74, 6) is -1.52. The van der Waals surface area contributed by atoms with Crippen molar-refractivity contribution in [1.82, 2.24) is 0 Å². The molecule has 0 fully saturated rings. The zero-order chi connectivity index (χ0) is 17.5. The lowest BCUT2D eigenvalue weighted by Gasteiger charge is -2.04. The molecular formula is C15H24O4S4. The number of carboxylic acids is 2. The van der Waals surface area contributed by atoms with E-state index in [4.69, 9.17) is 34.6 Å². The van der Waals surface area contributed by atoms with Crippen LogP contribution in [0.2, 0.25) is 0 Å². The van der Waals surface area contributed by atoms with Crippen molar-refractivity contribution in [2.45, 2.75) is 57.8 Å². The van der Waals surface area contributed by atoms with Crippen LogP contribution in [0, 0.1) is 0 Å². The molecule has 0 atom stereocenters. The van der Waals surface area contributed by atoms with E-state index in [0.717, 1.165) is 46.9 Å². The van der Waals surface area contributed by atoms with Crippen molar-refractivity contribution in [2.24, 2.45) is 0 Å². The van der Waals surface area contributed by atoms with E-state index < -0.39 is 11.9 Å². The summed E-state index contributed by atoms with van der Waals surface area (Å²) in [5, 5.41) is 17.1. The second kappa shape index (κ2) is 15.4. The summed E-state index contributed by atoms with van der Waals surface area (Å²) in [5.41, 5.74) is 0. The van der Waals surface area contributed by atoms with Crippen LogP contribution < -0.4 is 0 Å². The molecule has 132 valence electrons. The molecule has 0 aliphatic rings. The summed E-state index contributed by atoms with van der Waals surface area (Å²) in [4.78, 5) is 20.8. The van der Waals surface area contributed by atoms with E-state index >= 15 is 0 Å². The molecule has 0 radical (unpaired) electrons. The van der Waals surface area contributed by atoms with Gasteiger partial charge in [-0.3, -0.25) is 9.59 Å². The van der Waals surface area contributed by atoms with Gasteiger partial charge in [0.15, 0.2) is 0 Å². The van der Waals surface area contributed by atoms with Gasteiger partial charge >= 0.3 is 11.9 Å². The van der Waals surface area contributed by atoms with Crippen molar-refractivity contribution in [1.29, 1.82) is 0 Å². The monoisotopic (exact) mass is 396 g/mol. The molecule has 8 heteroatoms. The average molecular weight is 397 g/mol. The highest BCUT2D eigenvalue weighted by molar-refractivity contribution is 8.23. The van der Waals surface area contributed by atoms with E-state index in [1.54, 1.807) is 0 Å². The van der Waals surface area contributed by atoms with E-state index in [1.807, 2.05) is 0 Å². The Balaban J connectivity index is 3.30. The van der Waals surface area contributed by atoms with Crippen LogP contribution in [0.15, 0.2) is 0 Å². The third-order valence-corrected chi connectivity index (χ3v) is 5.93. The molecule has 0 aromatic carbocycles. The minimum absolute atomic E-state index is 0.0610. The summed E-state index contributed by atoms with van der Waals surface area (Å²) in [7, 11) is 0. The highest BCUT2D eigenvalue weighted by Gasteiger charge is 2.03. The third-order valence-electron chi connectivity index (χ3n) is 2.98. The fourth-order valence-electron chi connectivity index (χ4n) is 1.85. The second-order valence-corrected chi connectivity index (χ2v) is 8.73. The van der Waals surface area contributed by atoms with Crippen molar-refractivity contribution in [3.8, 4) is 0 Å². The van der Waals surface area contributed by atoms with Crippen molar-refractivity contribution < 1.29 is 19.8 Å². The van der Waals surface area contributed by atoms with Crippen LogP contribution in [-0.2, 0) is 9.59 Å². The van der Waals surface area contributed by atoms with Crippen LogP contribution in [0.25, 0.3) is 0 Å². The fourth-order valence-corrected chi connectivity index (χ4v) is 3.64. The first-order chi connectivity index (χ1) is 10.9. The molecule has 0 aliphatic heterocycles. The van der Waals surface area contributed by atoms with Crippen molar-refractivity contribution in [3.63, 3.8) is 0 Å². The van der Waals surface area contributed by atoms with Gasteiger partial charge in [0.05, 0.1) is 11.5 Å². The number of carbonyl (C=O) groups is 2. The van der Waals surface area contributed by atoms with Gasteiger partial charge in [-0.1, -0.05) is 56.5 Å². The molecule has 0 aromatic rings. The van der Waals surface area contributed by atoms with Gasteiger partial charge in [0.25, 0.3) is 0 Å². The molecule has 2 N–H and O–H groups in total. The first kappa shape index (κ1) is 22.8. The Hall–Kier alpha value is -0.180. The van der Waals surface area contributed by atoms with Gasteiger partial charge in [-0.05, 0) is 25.7 Å². The number of aliphatic carboxylic acids is 2. The first-order valence-corrected chi connectivity index (χ1v) is 10.5. The van der Waals surface area contributed by atoms with Gasteiger partial charge in [0.1, 0.15) is 0 Å². The van der Waals surface area contributed by atoms with Gasteiger partial charge in [0, 0.05) is 8.39 Å². The maximum Gasteiger partial charge on any atom is 0.313 e. The molecule has 0 saturated heterocycles. The summed E-state index contributed by atoms with van der Waals surface area (Å²) in [6.07, 6.45) is 9.48. The predicted molar refractivity (Wildman–Crippen MR) is 107 cm³/mol. The molecule has 0 rings (SSSR count). The van der Waals surface area contributed by atoms with E-state index in [9.17, 15) is 9.59 Å². The highest BCUT2D eigenvalue weighted by atomic mass is 32.2. The highest BCUT2D eigenvalue weighted by Crippen LogP contribution is 2.16. The number of hydrogen-bond donors (Lipinski definition) is 2. The number of thiocarbonyl (C=S) groups is 2. The largest absolute Gasteiger partial charge is 0.481 e. The summed E-state index contributed by atoms with van der Waals surface area (Å²) >= 11 is 12.7. The second-order valence-electron chi connectivity index (χ2n) is 5.08. The molecule has 0 heterocycles. The standard InChI is InChI=1S/C15H24O4S4/c16-12(17)10-22-14(20)8-6-4-2-1-3-5-7-9-15(21)23-11-13(18)19/h1-11H2,(H,16,17)(H,18,19). The molecular weight excluding hydrogens is 372 g/mol.